The Morgan fingerprint density at radius 3 is 3.31 bits per heavy atom. The van der Waals surface area contributed by atoms with Crippen molar-refractivity contribution in [1.29, 1.82) is 0 Å². The summed E-state index contributed by atoms with van der Waals surface area (Å²) in [6.07, 6.45) is 0. The van der Waals surface area contributed by atoms with Crippen molar-refractivity contribution in [2.45, 2.75) is 26.1 Å². The number of fused-ring (bicyclic) bond motifs is 3. The highest BCUT2D eigenvalue weighted by atomic mass is 32.1. The summed E-state index contributed by atoms with van der Waals surface area (Å²) >= 11 is 1.56. The van der Waals surface area contributed by atoms with Gasteiger partial charge in [-0.25, -0.2) is 9.50 Å². The van der Waals surface area contributed by atoms with Crippen LogP contribution in [0.4, 0.5) is 0 Å². The van der Waals surface area contributed by atoms with Gasteiger partial charge in [0.1, 0.15) is 11.1 Å². The largest absolute Gasteiger partial charge is 0.363 e. The van der Waals surface area contributed by atoms with Crippen LogP contribution in [-0.4, -0.2) is 14.6 Å². The highest BCUT2D eigenvalue weighted by molar-refractivity contribution is 7.14. The number of hydrogen-bond acceptors (Lipinski definition) is 4. The van der Waals surface area contributed by atoms with Gasteiger partial charge in [0, 0.05) is 0 Å². The van der Waals surface area contributed by atoms with E-state index in [2.05, 4.69) is 10.1 Å². The predicted molar refractivity (Wildman–Crippen MR) is 48.7 cm³/mol. The van der Waals surface area contributed by atoms with Crippen LogP contribution in [0.2, 0.25) is 0 Å². The summed E-state index contributed by atoms with van der Waals surface area (Å²) in [5.74, 6) is 0. The van der Waals surface area contributed by atoms with Crippen LogP contribution in [-0.2, 0) is 16.9 Å². The van der Waals surface area contributed by atoms with Crippen LogP contribution >= 0.6 is 11.3 Å². The molecule has 1 aliphatic heterocycles. The normalized spacial score (nSPS) is 19.5. The lowest BCUT2D eigenvalue weighted by Crippen LogP contribution is -2.15. The first kappa shape index (κ1) is 7.46. The Kier molecular flexibility index (Phi) is 1.21. The average Bonchev–Trinajstić information content (AvgIpc) is 2.63. The SMILES string of the molecule is CC1(C)OCc2c1nc1scnn21. The quantitative estimate of drug-likeness (QED) is 0.640. The van der Waals surface area contributed by atoms with Crippen molar-refractivity contribution < 1.29 is 4.74 Å². The van der Waals surface area contributed by atoms with Crippen molar-refractivity contribution in [3.05, 3.63) is 16.9 Å². The Balaban J connectivity index is 2.37. The minimum absolute atomic E-state index is 0.247. The lowest BCUT2D eigenvalue weighted by Gasteiger charge is -2.14. The summed E-state index contributed by atoms with van der Waals surface area (Å²) in [4.78, 5) is 5.46. The van der Waals surface area contributed by atoms with E-state index in [9.17, 15) is 0 Å². The molecule has 0 amide bonds. The summed E-state index contributed by atoms with van der Waals surface area (Å²) in [7, 11) is 0. The van der Waals surface area contributed by atoms with Gasteiger partial charge in [0.05, 0.1) is 18.0 Å². The highest BCUT2D eigenvalue weighted by Crippen LogP contribution is 2.35. The number of aromatic nitrogens is 3. The molecule has 2 aromatic heterocycles. The van der Waals surface area contributed by atoms with Crippen molar-refractivity contribution >= 4 is 16.3 Å². The predicted octanol–water partition coefficient (Wildman–Crippen LogP) is 1.56. The molecule has 0 N–H and O–H groups in total. The molecule has 1 aliphatic rings. The number of imidazole rings is 1. The molecule has 13 heavy (non-hydrogen) atoms. The van der Waals surface area contributed by atoms with E-state index in [1.165, 1.54) is 0 Å². The molecular weight excluding hydrogens is 186 g/mol. The van der Waals surface area contributed by atoms with Crippen molar-refractivity contribution in [3.63, 3.8) is 0 Å². The molecule has 0 saturated carbocycles. The molecule has 0 atom stereocenters. The van der Waals surface area contributed by atoms with E-state index in [0.29, 0.717) is 6.61 Å². The number of ether oxygens (including phenoxy) is 1. The van der Waals surface area contributed by atoms with Crippen LogP contribution in [0, 0.1) is 0 Å². The van der Waals surface area contributed by atoms with Crippen molar-refractivity contribution in [1.82, 2.24) is 14.6 Å². The monoisotopic (exact) mass is 195 g/mol. The lowest BCUT2D eigenvalue weighted by atomic mass is 10.1. The average molecular weight is 195 g/mol. The van der Waals surface area contributed by atoms with Gasteiger partial charge in [0.25, 0.3) is 0 Å². The third-order valence-electron chi connectivity index (χ3n) is 2.38. The van der Waals surface area contributed by atoms with Crippen LogP contribution in [0.25, 0.3) is 4.96 Å². The van der Waals surface area contributed by atoms with E-state index in [1.807, 2.05) is 18.4 Å². The van der Waals surface area contributed by atoms with Crippen LogP contribution in [0.3, 0.4) is 0 Å². The number of hydrogen-bond donors (Lipinski definition) is 0. The maximum Gasteiger partial charge on any atom is 0.212 e. The van der Waals surface area contributed by atoms with Gasteiger partial charge in [-0.2, -0.15) is 5.10 Å². The second-order valence-electron chi connectivity index (χ2n) is 3.64. The fourth-order valence-electron chi connectivity index (χ4n) is 1.67. The highest BCUT2D eigenvalue weighted by Gasteiger charge is 2.36. The Morgan fingerprint density at radius 2 is 2.46 bits per heavy atom. The zero-order valence-electron chi connectivity index (χ0n) is 7.44. The second-order valence-corrected chi connectivity index (χ2v) is 4.45. The maximum atomic E-state index is 5.61. The Labute approximate surface area is 79.2 Å². The van der Waals surface area contributed by atoms with Gasteiger partial charge >= 0.3 is 0 Å². The van der Waals surface area contributed by atoms with Crippen molar-refractivity contribution in [2.75, 3.05) is 0 Å². The van der Waals surface area contributed by atoms with Crippen LogP contribution in [0.15, 0.2) is 5.51 Å². The molecule has 2 aromatic rings. The minimum atomic E-state index is -0.247. The van der Waals surface area contributed by atoms with Gasteiger partial charge in [0.15, 0.2) is 0 Å². The van der Waals surface area contributed by atoms with Crippen LogP contribution < -0.4 is 0 Å². The van der Waals surface area contributed by atoms with Gasteiger partial charge in [-0.1, -0.05) is 11.3 Å². The molecule has 3 rings (SSSR count). The Bertz CT molecular complexity index is 471. The maximum absolute atomic E-state index is 5.61. The first-order chi connectivity index (χ1) is 6.18. The van der Waals surface area contributed by atoms with Gasteiger partial charge in [-0.15, -0.1) is 0 Å². The van der Waals surface area contributed by atoms with E-state index >= 15 is 0 Å². The molecule has 0 aromatic carbocycles. The van der Waals surface area contributed by atoms with E-state index in [4.69, 9.17) is 4.74 Å². The first-order valence-corrected chi connectivity index (χ1v) is 5.02. The summed E-state index contributed by atoms with van der Waals surface area (Å²) in [5.41, 5.74) is 3.68. The number of nitrogens with zero attached hydrogens (tertiary/aromatic N) is 3. The molecule has 3 heterocycles. The molecule has 68 valence electrons. The van der Waals surface area contributed by atoms with Crippen LogP contribution in [0.1, 0.15) is 25.2 Å². The summed E-state index contributed by atoms with van der Waals surface area (Å²) < 4.78 is 7.48. The molecule has 0 spiro atoms. The van der Waals surface area contributed by atoms with Gasteiger partial charge in [-0.3, -0.25) is 0 Å². The Morgan fingerprint density at radius 1 is 1.62 bits per heavy atom. The molecule has 4 nitrogen and oxygen atoms in total. The van der Waals surface area contributed by atoms with E-state index in [-0.39, 0.29) is 5.60 Å². The molecule has 5 heteroatoms. The molecule has 0 saturated heterocycles. The zero-order chi connectivity index (χ0) is 9.05. The topological polar surface area (TPSA) is 39.4 Å². The van der Waals surface area contributed by atoms with E-state index in [0.717, 1.165) is 16.3 Å². The molecule has 0 unspecified atom stereocenters. The molecule has 0 radical (unpaired) electrons. The summed E-state index contributed by atoms with van der Waals surface area (Å²) in [5, 5.41) is 4.21. The second kappa shape index (κ2) is 2.10. The minimum Gasteiger partial charge on any atom is -0.363 e. The van der Waals surface area contributed by atoms with E-state index in [1.54, 1.807) is 16.8 Å². The third-order valence-corrected chi connectivity index (χ3v) is 3.05. The fourth-order valence-corrected chi connectivity index (χ4v) is 2.30. The summed E-state index contributed by atoms with van der Waals surface area (Å²) in [6.45, 7) is 4.69. The fraction of sp³-hybridized carbons (Fsp3) is 0.500. The van der Waals surface area contributed by atoms with Crippen molar-refractivity contribution in [2.24, 2.45) is 0 Å². The number of rotatable bonds is 0. The lowest BCUT2D eigenvalue weighted by molar-refractivity contribution is -0.0114. The molecule has 0 bridgehead atoms. The smallest absolute Gasteiger partial charge is 0.212 e. The molecular formula is C8H9N3OS. The standard InChI is InChI=1S/C8H9N3OS/c1-8(2)6-5(3-12-8)11-7(10-6)13-4-9-11/h4H,3H2,1-2H3. The van der Waals surface area contributed by atoms with Crippen molar-refractivity contribution in [3.8, 4) is 0 Å². The van der Waals surface area contributed by atoms with Gasteiger partial charge in [-0.05, 0) is 13.8 Å². The van der Waals surface area contributed by atoms with E-state index < -0.39 is 0 Å². The molecule has 0 fully saturated rings. The third kappa shape index (κ3) is 0.831. The molecule has 0 aliphatic carbocycles. The summed E-state index contributed by atoms with van der Waals surface area (Å²) in [6, 6.07) is 0. The van der Waals surface area contributed by atoms with Crippen LogP contribution in [0.5, 0.6) is 0 Å². The zero-order valence-corrected chi connectivity index (χ0v) is 8.26. The van der Waals surface area contributed by atoms with Gasteiger partial charge in [0.2, 0.25) is 4.96 Å². The van der Waals surface area contributed by atoms with Gasteiger partial charge < -0.3 is 4.74 Å². The first-order valence-electron chi connectivity index (χ1n) is 4.14. The Hall–Kier alpha value is -0.940.